The van der Waals surface area contributed by atoms with E-state index >= 15 is 0 Å². The SMILES string of the molecule is O=C(Nc1ccccc1F)N1CC(N2CC3CCCC3C2)C1. The quantitative estimate of drug-likeness (QED) is 0.912. The van der Waals surface area contributed by atoms with Gasteiger partial charge in [-0.2, -0.15) is 0 Å². The first kappa shape index (κ1) is 14.0. The summed E-state index contributed by atoms with van der Waals surface area (Å²) in [5.74, 6) is 1.39. The number of halogens is 1. The fourth-order valence-corrected chi connectivity index (χ4v) is 4.18. The van der Waals surface area contributed by atoms with E-state index in [2.05, 4.69) is 10.2 Å². The van der Waals surface area contributed by atoms with Crippen molar-refractivity contribution in [2.24, 2.45) is 11.8 Å². The van der Waals surface area contributed by atoms with Gasteiger partial charge in [0, 0.05) is 32.2 Å². The van der Waals surface area contributed by atoms with Gasteiger partial charge in [-0.15, -0.1) is 0 Å². The molecule has 22 heavy (non-hydrogen) atoms. The number of para-hydroxylation sites is 1. The Bertz CT molecular complexity index is 561. The molecule has 0 spiro atoms. The molecule has 2 aliphatic heterocycles. The Labute approximate surface area is 130 Å². The molecule has 3 fully saturated rings. The van der Waals surface area contributed by atoms with Gasteiger partial charge >= 0.3 is 6.03 Å². The minimum atomic E-state index is -0.389. The molecule has 0 aromatic heterocycles. The van der Waals surface area contributed by atoms with Crippen LogP contribution in [0.1, 0.15) is 19.3 Å². The molecule has 4 nitrogen and oxygen atoms in total. The first-order chi connectivity index (χ1) is 10.7. The normalized spacial score (nSPS) is 28.5. The highest BCUT2D eigenvalue weighted by atomic mass is 19.1. The van der Waals surface area contributed by atoms with Crippen LogP contribution in [0.2, 0.25) is 0 Å². The van der Waals surface area contributed by atoms with Crippen LogP contribution < -0.4 is 5.32 Å². The van der Waals surface area contributed by atoms with Gasteiger partial charge in [0.2, 0.25) is 0 Å². The molecule has 2 atom stereocenters. The van der Waals surface area contributed by atoms with Crippen molar-refractivity contribution in [3.05, 3.63) is 30.1 Å². The van der Waals surface area contributed by atoms with Crippen LogP contribution in [0.15, 0.2) is 24.3 Å². The Morgan fingerprint density at radius 1 is 1.09 bits per heavy atom. The molecular formula is C17H22FN3O. The van der Waals surface area contributed by atoms with E-state index in [-0.39, 0.29) is 17.5 Å². The van der Waals surface area contributed by atoms with Crippen molar-refractivity contribution < 1.29 is 9.18 Å². The van der Waals surface area contributed by atoms with Gasteiger partial charge in [-0.25, -0.2) is 9.18 Å². The Kier molecular flexibility index (Phi) is 3.53. The largest absolute Gasteiger partial charge is 0.322 e. The van der Waals surface area contributed by atoms with Crippen LogP contribution in [0, 0.1) is 17.7 Å². The van der Waals surface area contributed by atoms with Gasteiger partial charge in [-0.1, -0.05) is 18.6 Å². The molecule has 1 saturated carbocycles. The number of benzene rings is 1. The van der Waals surface area contributed by atoms with Gasteiger partial charge in [0.25, 0.3) is 0 Å². The molecule has 1 aromatic carbocycles. The monoisotopic (exact) mass is 303 g/mol. The predicted molar refractivity (Wildman–Crippen MR) is 83.2 cm³/mol. The van der Waals surface area contributed by atoms with Crippen LogP contribution in [-0.4, -0.2) is 48.1 Å². The van der Waals surface area contributed by atoms with E-state index in [4.69, 9.17) is 0 Å². The smallest absolute Gasteiger partial charge is 0.321 e. The van der Waals surface area contributed by atoms with Gasteiger partial charge in [0.15, 0.2) is 0 Å². The Balaban J connectivity index is 1.28. The summed E-state index contributed by atoms with van der Waals surface area (Å²) < 4.78 is 13.5. The van der Waals surface area contributed by atoms with Crippen molar-refractivity contribution in [3.63, 3.8) is 0 Å². The van der Waals surface area contributed by atoms with Crippen molar-refractivity contribution >= 4 is 11.7 Å². The van der Waals surface area contributed by atoms with Gasteiger partial charge in [0.1, 0.15) is 5.82 Å². The molecule has 5 heteroatoms. The molecule has 1 N–H and O–H groups in total. The number of likely N-dealkylation sites (tertiary alicyclic amines) is 2. The molecule has 0 bridgehead atoms. The maximum atomic E-state index is 13.5. The molecule has 2 heterocycles. The number of carbonyl (C=O) groups is 1. The molecule has 2 unspecified atom stereocenters. The molecule has 2 saturated heterocycles. The van der Waals surface area contributed by atoms with Gasteiger partial charge in [-0.05, 0) is 36.8 Å². The number of hydrogen-bond acceptors (Lipinski definition) is 2. The Morgan fingerprint density at radius 3 is 2.45 bits per heavy atom. The molecule has 2 amide bonds. The van der Waals surface area contributed by atoms with E-state index in [1.807, 2.05) is 0 Å². The van der Waals surface area contributed by atoms with Crippen molar-refractivity contribution in [1.29, 1.82) is 0 Å². The number of carbonyl (C=O) groups excluding carboxylic acids is 1. The average Bonchev–Trinajstić information content (AvgIpc) is 3.01. The third-order valence-corrected chi connectivity index (χ3v) is 5.54. The van der Waals surface area contributed by atoms with Crippen LogP contribution in [0.25, 0.3) is 0 Å². The molecule has 3 aliphatic rings. The molecule has 1 aromatic rings. The summed E-state index contributed by atoms with van der Waals surface area (Å²) in [5.41, 5.74) is 0.256. The van der Waals surface area contributed by atoms with E-state index in [1.165, 1.54) is 38.4 Å². The summed E-state index contributed by atoms with van der Waals surface area (Å²) in [4.78, 5) is 16.5. The molecular weight excluding hydrogens is 281 g/mol. The standard InChI is InChI=1S/C17H22FN3O/c18-15-6-1-2-7-16(15)19-17(22)21-10-14(11-21)20-8-12-4-3-5-13(12)9-20/h1-2,6-7,12-14H,3-5,8-11H2,(H,19,22). The lowest BCUT2D eigenvalue weighted by Gasteiger charge is -2.44. The number of amides is 2. The number of hydrogen-bond donors (Lipinski definition) is 1. The highest BCUT2D eigenvalue weighted by molar-refractivity contribution is 5.90. The van der Waals surface area contributed by atoms with Crippen LogP contribution in [0.5, 0.6) is 0 Å². The first-order valence-electron chi connectivity index (χ1n) is 8.25. The molecule has 1 aliphatic carbocycles. The maximum absolute atomic E-state index is 13.5. The van der Waals surface area contributed by atoms with Crippen molar-refractivity contribution in [2.45, 2.75) is 25.3 Å². The van der Waals surface area contributed by atoms with Crippen LogP contribution in [0.3, 0.4) is 0 Å². The zero-order valence-corrected chi connectivity index (χ0v) is 12.7. The number of fused-ring (bicyclic) bond motifs is 1. The second-order valence-corrected chi connectivity index (χ2v) is 6.87. The van der Waals surface area contributed by atoms with Gasteiger partial charge < -0.3 is 10.2 Å². The lowest BCUT2D eigenvalue weighted by atomic mass is 10.0. The van der Waals surface area contributed by atoms with Gasteiger partial charge in [-0.3, -0.25) is 4.90 Å². The summed E-state index contributed by atoms with van der Waals surface area (Å²) in [5, 5.41) is 2.66. The lowest BCUT2D eigenvalue weighted by Crippen LogP contribution is -2.61. The fraction of sp³-hybridized carbons (Fsp3) is 0.588. The first-order valence-corrected chi connectivity index (χ1v) is 8.25. The third kappa shape index (κ3) is 2.47. The summed E-state index contributed by atoms with van der Waals surface area (Å²) in [6.07, 6.45) is 4.15. The van der Waals surface area contributed by atoms with Crippen LogP contribution in [0.4, 0.5) is 14.9 Å². The highest BCUT2D eigenvalue weighted by Crippen LogP contribution is 2.39. The zero-order valence-electron chi connectivity index (χ0n) is 12.7. The fourth-order valence-electron chi connectivity index (χ4n) is 4.18. The van der Waals surface area contributed by atoms with E-state index in [1.54, 1.807) is 23.1 Å². The van der Waals surface area contributed by atoms with Gasteiger partial charge in [0.05, 0.1) is 5.69 Å². The number of anilines is 1. The minimum Gasteiger partial charge on any atom is -0.321 e. The van der Waals surface area contributed by atoms with E-state index in [0.717, 1.165) is 24.9 Å². The summed E-state index contributed by atoms with van der Waals surface area (Å²) in [7, 11) is 0. The number of rotatable bonds is 2. The summed E-state index contributed by atoms with van der Waals surface area (Å²) in [6, 6.07) is 6.59. The summed E-state index contributed by atoms with van der Waals surface area (Å²) >= 11 is 0. The second-order valence-electron chi connectivity index (χ2n) is 6.87. The molecule has 118 valence electrons. The lowest BCUT2D eigenvalue weighted by molar-refractivity contribution is 0.0722. The van der Waals surface area contributed by atoms with Crippen molar-refractivity contribution in [3.8, 4) is 0 Å². The van der Waals surface area contributed by atoms with Crippen LogP contribution in [-0.2, 0) is 0 Å². The molecule has 0 radical (unpaired) electrons. The van der Waals surface area contributed by atoms with E-state index < -0.39 is 0 Å². The number of urea groups is 1. The van der Waals surface area contributed by atoms with Crippen molar-refractivity contribution in [2.75, 3.05) is 31.5 Å². The average molecular weight is 303 g/mol. The van der Waals surface area contributed by atoms with E-state index in [0.29, 0.717) is 6.04 Å². The van der Waals surface area contributed by atoms with Crippen LogP contribution >= 0.6 is 0 Å². The Hall–Kier alpha value is -1.62. The number of nitrogens with zero attached hydrogens (tertiary/aromatic N) is 2. The highest BCUT2D eigenvalue weighted by Gasteiger charge is 2.43. The van der Waals surface area contributed by atoms with E-state index in [9.17, 15) is 9.18 Å². The topological polar surface area (TPSA) is 35.6 Å². The Morgan fingerprint density at radius 2 is 1.77 bits per heavy atom. The maximum Gasteiger partial charge on any atom is 0.322 e. The number of nitrogens with one attached hydrogen (secondary N) is 1. The second kappa shape index (κ2) is 5.54. The minimum absolute atomic E-state index is 0.194. The molecule has 4 rings (SSSR count). The predicted octanol–water partition coefficient (Wildman–Crippen LogP) is 2.77. The van der Waals surface area contributed by atoms with Crippen molar-refractivity contribution in [1.82, 2.24) is 9.80 Å². The summed E-state index contributed by atoms with van der Waals surface area (Å²) in [6.45, 7) is 3.94. The zero-order chi connectivity index (χ0) is 15.1. The third-order valence-electron chi connectivity index (χ3n) is 5.54.